The number of likely N-dealkylation sites (tertiary alicyclic amines) is 2. The molecule has 3 unspecified atom stereocenters. The summed E-state index contributed by atoms with van der Waals surface area (Å²) >= 11 is 0. The van der Waals surface area contributed by atoms with Crippen molar-refractivity contribution in [2.75, 3.05) is 0 Å². The van der Waals surface area contributed by atoms with Crippen molar-refractivity contribution in [3.8, 4) is 33.6 Å². The molecule has 6 atom stereocenters. The topological polar surface area (TPSA) is 116 Å². The molecular weight excluding hydrogens is 652 g/mol. The molecule has 2 aliphatic heterocycles. The fraction of sp³-hybridized carbons (Fsp3) is 0.429. The van der Waals surface area contributed by atoms with Gasteiger partial charge in [-0.1, -0.05) is 60.7 Å². The van der Waals surface area contributed by atoms with Crippen LogP contribution >= 0.6 is 0 Å². The number of piperidine rings is 2. The molecule has 268 valence electrons. The summed E-state index contributed by atoms with van der Waals surface area (Å²) in [7, 11) is 0. The van der Waals surface area contributed by atoms with Gasteiger partial charge in [-0.25, -0.2) is 19.6 Å². The van der Waals surface area contributed by atoms with Gasteiger partial charge in [-0.2, -0.15) is 0 Å². The Labute approximate surface area is 303 Å². The van der Waals surface area contributed by atoms with Gasteiger partial charge in [-0.05, 0) is 107 Å². The van der Waals surface area contributed by atoms with Gasteiger partial charge in [0.05, 0.1) is 35.9 Å². The van der Waals surface area contributed by atoms with E-state index in [9.17, 15) is 9.59 Å². The number of nitrogens with zero attached hydrogens (tertiary/aromatic N) is 4. The number of benzene rings is 3. The number of aromatic nitrogens is 4. The maximum atomic E-state index is 13.2. The Hall–Kier alpha value is -5.12. The van der Waals surface area contributed by atoms with E-state index >= 15 is 0 Å². The first-order valence-electron chi connectivity index (χ1n) is 18.6. The molecular formula is C42H46N6O4. The fourth-order valence-corrected chi connectivity index (χ4v) is 8.48. The smallest absolute Gasteiger partial charge is 0.411 e. The maximum absolute atomic E-state index is 13.2. The predicted octanol–water partition coefficient (Wildman–Crippen LogP) is 9.43. The monoisotopic (exact) mass is 698 g/mol. The first-order chi connectivity index (χ1) is 24.8. The third kappa shape index (κ3) is 5.91. The van der Waals surface area contributed by atoms with E-state index in [0.717, 1.165) is 81.7 Å². The number of hydrogen-bond acceptors (Lipinski definition) is 6. The molecule has 0 bridgehead atoms. The highest BCUT2D eigenvalue weighted by atomic mass is 16.6. The summed E-state index contributed by atoms with van der Waals surface area (Å²) in [5.74, 6) is 2.65. The number of aromatic amines is 2. The average Bonchev–Trinajstić information content (AvgIpc) is 3.68. The zero-order chi connectivity index (χ0) is 36.1. The minimum atomic E-state index is -0.547. The molecule has 0 radical (unpaired) electrons. The highest BCUT2D eigenvalue weighted by Crippen LogP contribution is 2.54. The van der Waals surface area contributed by atoms with Gasteiger partial charge < -0.3 is 19.4 Å². The summed E-state index contributed by atoms with van der Waals surface area (Å²) in [5, 5.41) is 2.27. The van der Waals surface area contributed by atoms with Gasteiger partial charge in [0.2, 0.25) is 0 Å². The van der Waals surface area contributed by atoms with Crippen molar-refractivity contribution in [1.82, 2.24) is 29.7 Å². The Kier molecular flexibility index (Phi) is 7.37. The number of carbonyl (C=O) groups is 2. The van der Waals surface area contributed by atoms with E-state index in [1.165, 1.54) is 0 Å². The Balaban J connectivity index is 0.952. The molecule has 10 heteroatoms. The van der Waals surface area contributed by atoms with Crippen LogP contribution in [-0.2, 0) is 9.47 Å². The quantitative estimate of drug-likeness (QED) is 0.189. The van der Waals surface area contributed by atoms with Gasteiger partial charge in [0.1, 0.15) is 22.9 Å². The highest BCUT2D eigenvalue weighted by molar-refractivity contribution is 6.04. The van der Waals surface area contributed by atoms with Crippen LogP contribution in [0.15, 0.2) is 73.1 Å². The third-order valence-electron chi connectivity index (χ3n) is 11.0. The van der Waals surface area contributed by atoms with E-state index in [0.29, 0.717) is 11.8 Å². The number of H-pyrrole nitrogens is 2. The lowest BCUT2D eigenvalue weighted by Crippen LogP contribution is -2.38. The van der Waals surface area contributed by atoms with Crippen molar-refractivity contribution in [3.05, 3.63) is 84.7 Å². The van der Waals surface area contributed by atoms with Crippen molar-refractivity contribution < 1.29 is 19.1 Å². The van der Waals surface area contributed by atoms with Crippen molar-refractivity contribution in [2.45, 2.75) is 103 Å². The van der Waals surface area contributed by atoms with Crippen LogP contribution in [-0.4, -0.2) is 65.2 Å². The summed E-state index contributed by atoms with van der Waals surface area (Å²) in [6.45, 7) is 11.4. The Morgan fingerprint density at radius 1 is 0.615 bits per heavy atom. The predicted molar refractivity (Wildman–Crippen MR) is 199 cm³/mol. The lowest BCUT2D eigenvalue weighted by molar-refractivity contribution is 0.0164. The van der Waals surface area contributed by atoms with Crippen molar-refractivity contribution >= 4 is 23.0 Å². The molecule has 9 rings (SSSR count). The van der Waals surface area contributed by atoms with Gasteiger partial charge in [0, 0.05) is 17.6 Å². The Bertz CT molecular complexity index is 2190. The molecule has 2 saturated carbocycles. The molecule has 2 aromatic heterocycles. The van der Waals surface area contributed by atoms with Crippen LogP contribution < -0.4 is 0 Å². The molecule has 0 spiro atoms. The van der Waals surface area contributed by atoms with Crippen molar-refractivity contribution in [1.29, 1.82) is 0 Å². The van der Waals surface area contributed by atoms with Gasteiger partial charge in [-0.3, -0.25) is 9.80 Å². The summed E-state index contributed by atoms with van der Waals surface area (Å²) in [6.07, 6.45) is 7.13. The number of carbonyl (C=O) groups excluding carboxylic acids is 2. The van der Waals surface area contributed by atoms with Crippen LogP contribution in [0.2, 0.25) is 0 Å². The third-order valence-corrected chi connectivity index (χ3v) is 11.0. The lowest BCUT2D eigenvalue weighted by atomic mass is 9.94. The second-order valence-corrected chi connectivity index (χ2v) is 17.1. The highest BCUT2D eigenvalue weighted by Gasteiger charge is 2.57. The van der Waals surface area contributed by atoms with Gasteiger partial charge in [0.25, 0.3) is 0 Å². The van der Waals surface area contributed by atoms with Crippen LogP contribution in [0.1, 0.15) is 91.0 Å². The van der Waals surface area contributed by atoms with E-state index in [2.05, 4.69) is 70.6 Å². The molecule has 4 fully saturated rings. The number of imidazole rings is 2. The van der Waals surface area contributed by atoms with Crippen LogP contribution in [0.3, 0.4) is 0 Å². The van der Waals surface area contributed by atoms with Crippen LogP contribution in [0.4, 0.5) is 9.59 Å². The molecule has 3 aromatic carbocycles. The zero-order valence-corrected chi connectivity index (χ0v) is 30.6. The van der Waals surface area contributed by atoms with Gasteiger partial charge >= 0.3 is 12.2 Å². The standard InChI is InChI=1S/C42H46N6O4/c1-41(2,3)51-39(49)47-33-17-25(33)19-35(47)37-43-21-31(45-37)24-15-13-23(14-16-24)27-9-7-11-29-28(27)10-8-12-30(29)32-22-44-38(46-32)36-20-26-18-34(26)48(36)40(50)52-42(4,5)6/h7-16,21-22,25-26,33-36H,17-20H2,1-6H3,(H,43,45)(H,44,46)/t25?,26-,33?,34+,35?,36-/m0/s1. The molecule has 5 aromatic rings. The normalized spacial score (nSPS) is 24.9. The molecule has 4 heterocycles. The number of ether oxygens (including phenoxy) is 2. The Morgan fingerprint density at radius 2 is 1.08 bits per heavy atom. The number of nitrogens with one attached hydrogen (secondary N) is 2. The van der Waals surface area contributed by atoms with Crippen molar-refractivity contribution in [2.24, 2.45) is 11.8 Å². The first-order valence-corrected chi connectivity index (χ1v) is 18.6. The summed E-state index contributed by atoms with van der Waals surface area (Å²) in [4.78, 5) is 46.7. The first kappa shape index (κ1) is 32.8. The maximum Gasteiger partial charge on any atom is 0.411 e. The molecule has 52 heavy (non-hydrogen) atoms. The number of fused-ring (bicyclic) bond motifs is 3. The van der Waals surface area contributed by atoms with Crippen molar-refractivity contribution in [3.63, 3.8) is 0 Å². The van der Waals surface area contributed by atoms with E-state index in [4.69, 9.17) is 19.4 Å². The van der Waals surface area contributed by atoms with E-state index in [-0.39, 0.29) is 36.4 Å². The molecule has 2 saturated heterocycles. The molecule has 2 N–H and O–H groups in total. The minimum Gasteiger partial charge on any atom is -0.444 e. The van der Waals surface area contributed by atoms with Crippen LogP contribution in [0.25, 0.3) is 44.4 Å². The SMILES string of the molecule is CC(C)(C)OC(=O)N1C(c2ncc(-c3ccc(-c4cccc5c(-c6cnc([C@@H]7C[C@@H]8C[C@H]8N7C(=O)OC(C)(C)C)[nH]6)cccc45)cc3)[nH]2)CC2CC21. The second kappa shape index (κ2) is 11.7. The number of rotatable bonds is 5. The zero-order valence-electron chi connectivity index (χ0n) is 30.6. The average molecular weight is 699 g/mol. The summed E-state index contributed by atoms with van der Waals surface area (Å²) in [6, 6.07) is 21.6. The fourth-order valence-electron chi connectivity index (χ4n) is 8.48. The molecule has 10 nitrogen and oxygen atoms in total. The summed E-state index contributed by atoms with van der Waals surface area (Å²) < 4.78 is 11.5. The number of hydrogen-bond donors (Lipinski definition) is 2. The van der Waals surface area contributed by atoms with Gasteiger partial charge in [-0.15, -0.1) is 0 Å². The van der Waals surface area contributed by atoms with Gasteiger partial charge in [0.15, 0.2) is 0 Å². The largest absolute Gasteiger partial charge is 0.444 e. The molecule has 4 aliphatic rings. The van der Waals surface area contributed by atoms with Crippen LogP contribution in [0.5, 0.6) is 0 Å². The van der Waals surface area contributed by atoms with E-state index < -0.39 is 11.2 Å². The second-order valence-electron chi connectivity index (χ2n) is 17.1. The minimum absolute atomic E-state index is 0.102. The number of amides is 2. The van der Waals surface area contributed by atoms with E-state index in [1.54, 1.807) is 0 Å². The summed E-state index contributed by atoms with van der Waals surface area (Å²) in [5.41, 5.74) is 5.12. The van der Waals surface area contributed by atoms with Crippen LogP contribution in [0, 0.1) is 11.8 Å². The Morgan fingerprint density at radius 3 is 1.62 bits per heavy atom. The van der Waals surface area contributed by atoms with E-state index in [1.807, 2.05) is 63.7 Å². The molecule has 2 aliphatic carbocycles. The molecule has 2 amide bonds. The lowest BCUT2D eigenvalue weighted by Gasteiger charge is -2.29.